The predicted octanol–water partition coefficient (Wildman–Crippen LogP) is 10.6. The number of hydrogen-bond acceptors (Lipinski definition) is 8. The van der Waals surface area contributed by atoms with E-state index in [9.17, 15) is 19.2 Å². The van der Waals surface area contributed by atoms with Crippen LogP contribution in [0.15, 0.2) is 36.4 Å². The van der Waals surface area contributed by atoms with E-state index in [0.717, 1.165) is 80.6 Å². The number of hydrogen-bond donors (Lipinski definition) is 0. The first-order valence-corrected chi connectivity index (χ1v) is 19.7. The molecule has 0 N–H and O–H groups in total. The lowest BCUT2D eigenvalue weighted by molar-refractivity contribution is 0.0610. The summed E-state index contributed by atoms with van der Waals surface area (Å²) in [4.78, 5) is 63.0. The minimum Gasteiger partial charge on any atom is -0.273 e. The highest BCUT2D eigenvalue weighted by molar-refractivity contribution is 7.29. The van der Waals surface area contributed by atoms with Crippen LogP contribution in [0.25, 0.3) is 29.3 Å². The van der Waals surface area contributed by atoms with E-state index < -0.39 is 0 Å². The lowest BCUT2D eigenvalue weighted by atomic mass is 9.99. The minimum atomic E-state index is -0.165. The fraction of sp³-hybridized carbons (Fsp3) is 0.444. The Morgan fingerprint density at radius 1 is 0.522 bits per heavy atom. The maximum Gasteiger partial charge on any atom is 0.271 e. The van der Waals surface area contributed by atoms with Crippen LogP contribution < -0.4 is 0 Å². The van der Waals surface area contributed by atoms with Crippen molar-refractivity contribution in [3.05, 3.63) is 57.3 Å². The van der Waals surface area contributed by atoms with Gasteiger partial charge in [0, 0.05) is 42.4 Å². The summed E-state index contributed by atoms with van der Waals surface area (Å²) in [7, 11) is 0. The number of imide groups is 2. The fourth-order valence-electron chi connectivity index (χ4n) is 6.27. The van der Waals surface area contributed by atoms with Gasteiger partial charge in [-0.2, -0.15) is 0 Å². The van der Waals surface area contributed by atoms with E-state index in [-0.39, 0.29) is 23.6 Å². The molecule has 10 heteroatoms. The molecule has 0 saturated carbocycles. The van der Waals surface area contributed by atoms with Gasteiger partial charge in [-0.15, -0.1) is 45.3 Å². The van der Waals surface area contributed by atoms with E-state index in [1.54, 1.807) is 22.7 Å². The van der Waals surface area contributed by atoms with E-state index in [1.165, 1.54) is 32.5 Å². The summed E-state index contributed by atoms with van der Waals surface area (Å²) in [5.74, 6) is 0.0441. The molecular formula is C36H40N2O4S4. The summed E-state index contributed by atoms with van der Waals surface area (Å²) in [6.07, 6.45) is 8.43. The van der Waals surface area contributed by atoms with E-state index >= 15 is 0 Å². The van der Waals surface area contributed by atoms with Crippen LogP contribution >= 0.6 is 45.3 Å². The summed E-state index contributed by atoms with van der Waals surface area (Å²) >= 11 is 6.11. The molecule has 0 aliphatic carbocycles. The summed E-state index contributed by atoms with van der Waals surface area (Å²) in [5, 5.41) is 0. The van der Waals surface area contributed by atoms with Crippen molar-refractivity contribution < 1.29 is 19.2 Å². The first-order chi connectivity index (χ1) is 22.3. The minimum absolute atomic E-state index is 0.157. The van der Waals surface area contributed by atoms with Crippen molar-refractivity contribution in [2.75, 3.05) is 13.1 Å². The second kappa shape index (κ2) is 14.1. The predicted molar refractivity (Wildman–Crippen MR) is 192 cm³/mol. The van der Waals surface area contributed by atoms with Crippen molar-refractivity contribution in [3.63, 3.8) is 0 Å². The topological polar surface area (TPSA) is 74.8 Å². The molecule has 2 unspecified atom stereocenters. The van der Waals surface area contributed by atoms with Crippen LogP contribution in [0, 0.1) is 11.8 Å². The zero-order valence-corrected chi connectivity index (χ0v) is 30.1. The molecule has 0 fully saturated rings. The van der Waals surface area contributed by atoms with Crippen LogP contribution in [0.2, 0.25) is 0 Å². The highest BCUT2D eigenvalue weighted by Crippen LogP contribution is 2.46. The summed E-state index contributed by atoms with van der Waals surface area (Å²) in [6.45, 7) is 9.59. The molecule has 46 heavy (non-hydrogen) atoms. The number of carbonyl (C=O) groups excluding carboxylic acids is 4. The van der Waals surface area contributed by atoms with Gasteiger partial charge in [0.25, 0.3) is 23.6 Å². The van der Waals surface area contributed by atoms with Crippen LogP contribution in [-0.4, -0.2) is 46.5 Å². The molecule has 4 aromatic heterocycles. The molecule has 0 radical (unpaired) electrons. The number of thiophene rings is 4. The maximum atomic E-state index is 13.2. The molecule has 0 spiro atoms. The lowest BCUT2D eigenvalue weighted by Gasteiger charge is -2.21. The van der Waals surface area contributed by atoms with Crippen molar-refractivity contribution in [1.82, 2.24) is 9.80 Å². The normalized spacial score (nSPS) is 15.7. The van der Waals surface area contributed by atoms with Crippen LogP contribution in [0.4, 0.5) is 0 Å². The third kappa shape index (κ3) is 6.21. The second-order valence-electron chi connectivity index (χ2n) is 12.3. The largest absolute Gasteiger partial charge is 0.273 e. The molecule has 2 atom stereocenters. The zero-order chi connectivity index (χ0) is 32.5. The van der Waals surface area contributed by atoms with Gasteiger partial charge in [-0.05, 0) is 61.1 Å². The number of carbonyl (C=O) groups is 4. The molecule has 4 aromatic rings. The first-order valence-electron chi connectivity index (χ1n) is 16.5. The number of unbranched alkanes of at least 4 members (excludes halogenated alkanes) is 2. The van der Waals surface area contributed by atoms with Crippen molar-refractivity contribution >= 4 is 69.0 Å². The molecule has 0 aromatic carbocycles. The molecule has 2 aliphatic rings. The monoisotopic (exact) mass is 692 g/mol. The Labute approximate surface area is 287 Å². The van der Waals surface area contributed by atoms with Gasteiger partial charge in [-0.1, -0.05) is 66.2 Å². The van der Waals surface area contributed by atoms with Gasteiger partial charge >= 0.3 is 0 Å². The Morgan fingerprint density at radius 2 is 0.891 bits per heavy atom. The Morgan fingerprint density at radius 3 is 1.22 bits per heavy atom. The van der Waals surface area contributed by atoms with Crippen molar-refractivity contribution in [1.29, 1.82) is 0 Å². The van der Waals surface area contributed by atoms with Gasteiger partial charge in [-0.25, -0.2) is 0 Å². The molecule has 242 valence electrons. The van der Waals surface area contributed by atoms with Crippen LogP contribution in [0.5, 0.6) is 0 Å². The average Bonchev–Trinajstić information content (AvgIpc) is 3.90. The van der Waals surface area contributed by atoms with Gasteiger partial charge < -0.3 is 0 Å². The average molecular weight is 693 g/mol. The quantitative estimate of drug-likeness (QED) is 0.116. The first kappa shape index (κ1) is 33.0. The van der Waals surface area contributed by atoms with Gasteiger partial charge in [0.2, 0.25) is 0 Å². The van der Waals surface area contributed by atoms with Crippen molar-refractivity contribution in [2.45, 2.75) is 79.1 Å². The smallest absolute Gasteiger partial charge is 0.271 e. The Hall–Kier alpha value is -2.92. The van der Waals surface area contributed by atoms with Crippen LogP contribution in [-0.2, 0) is 0 Å². The highest BCUT2D eigenvalue weighted by Gasteiger charge is 2.40. The van der Waals surface area contributed by atoms with Crippen molar-refractivity contribution in [3.8, 4) is 29.3 Å². The summed E-state index contributed by atoms with van der Waals surface area (Å²) in [5.41, 5.74) is 1.06. The van der Waals surface area contributed by atoms with Gasteiger partial charge in [0.05, 0.1) is 11.1 Å². The lowest BCUT2D eigenvalue weighted by Crippen LogP contribution is -2.34. The molecule has 0 saturated heterocycles. The Kier molecular flexibility index (Phi) is 10.1. The SMILES string of the molecule is CCCCC(CC)CN1C(=O)c2cc(-c3ccc(-c4ccc(-c5cc6c(s5)C(=O)N(CC(CC)CCCC)C6=O)s4)s3)sc2C1=O. The molecule has 6 nitrogen and oxygen atoms in total. The van der Waals surface area contributed by atoms with E-state index in [2.05, 4.69) is 52.0 Å². The van der Waals surface area contributed by atoms with E-state index in [4.69, 9.17) is 0 Å². The zero-order valence-electron chi connectivity index (χ0n) is 26.9. The number of fused-ring (bicyclic) bond motifs is 2. The van der Waals surface area contributed by atoms with Gasteiger partial charge in [-0.3, -0.25) is 29.0 Å². The third-order valence-electron chi connectivity index (χ3n) is 9.20. The summed E-state index contributed by atoms with van der Waals surface area (Å²) in [6, 6.07) is 12.1. The van der Waals surface area contributed by atoms with E-state index in [0.29, 0.717) is 45.8 Å². The summed E-state index contributed by atoms with van der Waals surface area (Å²) < 4.78 is 0. The molecule has 4 amide bonds. The number of amides is 4. The molecule has 6 rings (SSSR count). The molecule has 0 bridgehead atoms. The number of nitrogens with zero attached hydrogens (tertiary/aromatic N) is 2. The van der Waals surface area contributed by atoms with Crippen LogP contribution in [0.3, 0.4) is 0 Å². The third-order valence-corrected chi connectivity index (χ3v) is 14.2. The maximum absolute atomic E-state index is 13.2. The van der Waals surface area contributed by atoms with Gasteiger partial charge in [0.1, 0.15) is 9.75 Å². The Balaban J connectivity index is 1.14. The number of rotatable bonds is 15. The second-order valence-corrected chi connectivity index (χ2v) is 16.6. The molecule has 6 heterocycles. The fourth-order valence-corrected chi connectivity index (χ4v) is 10.7. The highest BCUT2D eigenvalue weighted by atomic mass is 32.1. The van der Waals surface area contributed by atoms with Gasteiger partial charge in [0.15, 0.2) is 0 Å². The standard InChI is InChI=1S/C36H40N2O4S4/c1-5-9-11-21(7-3)19-37-33(39)23-17-29(45-31(23)35(37)41)27-15-13-25(43-27)26-14-16-28(44-26)30-18-24-32(46-30)36(42)38(34(24)40)20-22(8-4)12-10-6-2/h13-18,21-22H,5-12,19-20H2,1-4H3. The van der Waals surface area contributed by atoms with Crippen LogP contribution in [0.1, 0.15) is 119 Å². The molecule has 2 aliphatic heterocycles. The van der Waals surface area contributed by atoms with Crippen molar-refractivity contribution in [2.24, 2.45) is 11.8 Å². The Bertz CT molecular complexity index is 1580. The molecular weight excluding hydrogens is 653 g/mol. The van der Waals surface area contributed by atoms with E-state index in [1.807, 2.05) is 12.1 Å².